The zero-order chi connectivity index (χ0) is 15.2. The molecule has 1 N–H and O–H groups in total. The number of rotatable bonds is 5. The van der Waals surface area contributed by atoms with Crippen LogP contribution < -0.4 is 5.32 Å². The van der Waals surface area contributed by atoms with Crippen molar-refractivity contribution in [3.63, 3.8) is 0 Å². The van der Waals surface area contributed by atoms with Crippen LogP contribution in [-0.2, 0) is 9.53 Å². The number of benzene rings is 1. The molecule has 4 heteroatoms. The van der Waals surface area contributed by atoms with Crippen LogP contribution in [0.5, 0.6) is 0 Å². The zero-order valence-corrected chi connectivity index (χ0v) is 12.7. The lowest BCUT2D eigenvalue weighted by Crippen LogP contribution is -2.46. The Bertz CT molecular complexity index is 486. The molecule has 4 nitrogen and oxygen atoms in total. The van der Waals surface area contributed by atoms with Crippen LogP contribution in [0.4, 0.5) is 0 Å². The molecule has 1 aliphatic heterocycles. The summed E-state index contributed by atoms with van der Waals surface area (Å²) in [5.74, 6) is -0.259. The lowest BCUT2D eigenvalue weighted by Gasteiger charge is -2.34. The fourth-order valence-corrected chi connectivity index (χ4v) is 2.88. The van der Waals surface area contributed by atoms with Crippen LogP contribution in [-0.4, -0.2) is 30.9 Å². The predicted molar refractivity (Wildman–Crippen MR) is 81.1 cm³/mol. The van der Waals surface area contributed by atoms with Gasteiger partial charge in [-0.25, -0.2) is 0 Å². The second kappa shape index (κ2) is 7.36. The van der Waals surface area contributed by atoms with Gasteiger partial charge in [-0.1, -0.05) is 30.3 Å². The quantitative estimate of drug-likeness (QED) is 0.668. The van der Waals surface area contributed by atoms with Gasteiger partial charge >= 0.3 is 5.97 Å². The average Bonchev–Trinajstić information content (AvgIpc) is 2.50. The number of Topliss-reactive ketones (excluding diaryl/α,β-unsaturated/α-hetero) is 1. The molecule has 1 fully saturated rings. The Morgan fingerprint density at radius 3 is 2.67 bits per heavy atom. The fraction of sp³-hybridized carbons (Fsp3) is 0.529. The Hall–Kier alpha value is -1.68. The van der Waals surface area contributed by atoms with Crippen LogP contribution in [0.3, 0.4) is 0 Å². The summed E-state index contributed by atoms with van der Waals surface area (Å²) in [7, 11) is 0. The summed E-state index contributed by atoms with van der Waals surface area (Å²) < 4.78 is 5.17. The Labute approximate surface area is 125 Å². The first kappa shape index (κ1) is 15.7. The smallest absolute Gasteiger partial charge is 0.309 e. The number of hydrogen-bond acceptors (Lipinski definition) is 4. The van der Waals surface area contributed by atoms with E-state index in [1.54, 1.807) is 0 Å². The highest BCUT2D eigenvalue weighted by Crippen LogP contribution is 2.27. The molecule has 21 heavy (non-hydrogen) atoms. The van der Waals surface area contributed by atoms with E-state index in [0.717, 1.165) is 6.42 Å². The van der Waals surface area contributed by atoms with E-state index >= 15 is 0 Å². The molecule has 2 rings (SSSR count). The van der Waals surface area contributed by atoms with Crippen molar-refractivity contribution in [1.29, 1.82) is 0 Å². The largest absolute Gasteiger partial charge is 0.466 e. The second-order valence-corrected chi connectivity index (χ2v) is 5.66. The summed E-state index contributed by atoms with van der Waals surface area (Å²) in [5.41, 5.74) is 0.707. The highest BCUT2D eigenvalue weighted by Gasteiger charge is 2.35. The summed E-state index contributed by atoms with van der Waals surface area (Å²) >= 11 is 0. The topological polar surface area (TPSA) is 55.4 Å². The van der Waals surface area contributed by atoms with Crippen LogP contribution >= 0.6 is 0 Å². The van der Waals surface area contributed by atoms with E-state index in [0.29, 0.717) is 25.1 Å². The Kier molecular flexibility index (Phi) is 5.51. The van der Waals surface area contributed by atoms with Crippen molar-refractivity contribution in [1.82, 2.24) is 5.32 Å². The van der Waals surface area contributed by atoms with E-state index in [1.165, 1.54) is 0 Å². The van der Waals surface area contributed by atoms with E-state index in [4.69, 9.17) is 4.74 Å². The van der Waals surface area contributed by atoms with Crippen LogP contribution in [0.25, 0.3) is 0 Å². The third-order valence-corrected chi connectivity index (χ3v) is 4.04. The lowest BCUT2D eigenvalue weighted by atomic mass is 9.80. The van der Waals surface area contributed by atoms with Gasteiger partial charge in [0.15, 0.2) is 5.78 Å². The van der Waals surface area contributed by atoms with Crippen LogP contribution in [0.15, 0.2) is 30.3 Å². The normalized spacial score (nSPS) is 25.3. The van der Waals surface area contributed by atoms with Gasteiger partial charge in [0.25, 0.3) is 0 Å². The summed E-state index contributed by atoms with van der Waals surface area (Å²) in [6.45, 7) is 4.94. The molecule has 0 saturated carbocycles. The van der Waals surface area contributed by atoms with Crippen molar-refractivity contribution in [3.8, 4) is 0 Å². The van der Waals surface area contributed by atoms with Crippen LogP contribution in [0.2, 0.25) is 0 Å². The van der Waals surface area contributed by atoms with Crippen LogP contribution in [0, 0.1) is 11.8 Å². The first-order valence-corrected chi connectivity index (χ1v) is 7.60. The van der Waals surface area contributed by atoms with E-state index < -0.39 is 0 Å². The number of hydrogen-bond donors (Lipinski definition) is 1. The van der Waals surface area contributed by atoms with E-state index in [9.17, 15) is 9.59 Å². The number of ether oxygens (including phenoxy) is 1. The molecular weight excluding hydrogens is 266 g/mol. The highest BCUT2D eigenvalue weighted by atomic mass is 16.5. The molecule has 3 atom stereocenters. The molecule has 114 valence electrons. The maximum absolute atomic E-state index is 12.3. The number of nitrogens with one attached hydrogen (secondary N) is 1. The van der Waals surface area contributed by atoms with Crippen molar-refractivity contribution in [3.05, 3.63) is 35.9 Å². The summed E-state index contributed by atoms with van der Waals surface area (Å²) in [4.78, 5) is 24.5. The molecule has 0 amide bonds. The lowest BCUT2D eigenvalue weighted by molar-refractivity contribution is -0.151. The number of piperidine rings is 1. The molecule has 1 aliphatic rings. The van der Waals surface area contributed by atoms with Gasteiger partial charge in [0.2, 0.25) is 0 Å². The molecule has 1 saturated heterocycles. The molecule has 1 aromatic rings. The van der Waals surface area contributed by atoms with Crippen molar-refractivity contribution in [2.24, 2.45) is 11.8 Å². The van der Waals surface area contributed by atoms with Crippen LogP contribution in [0.1, 0.15) is 37.0 Å². The fourth-order valence-electron chi connectivity index (χ4n) is 2.88. The molecule has 1 aromatic carbocycles. The highest BCUT2D eigenvalue weighted by molar-refractivity contribution is 5.96. The number of ketones is 1. The average molecular weight is 289 g/mol. The zero-order valence-electron chi connectivity index (χ0n) is 12.7. The van der Waals surface area contributed by atoms with Gasteiger partial charge in [-0.05, 0) is 32.7 Å². The van der Waals surface area contributed by atoms with Gasteiger partial charge < -0.3 is 10.1 Å². The second-order valence-electron chi connectivity index (χ2n) is 5.66. The maximum Gasteiger partial charge on any atom is 0.309 e. The summed E-state index contributed by atoms with van der Waals surface area (Å²) in [6, 6.07) is 9.53. The minimum atomic E-state index is -0.186. The molecule has 3 unspecified atom stereocenters. The molecular formula is C17H23NO3. The van der Waals surface area contributed by atoms with Crippen molar-refractivity contribution < 1.29 is 14.3 Å². The van der Waals surface area contributed by atoms with Gasteiger partial charge in [-0.2, -0.15) is 0 Å². The Balaban J connectivity index is 2.05. The predicted octanol–water partition coefficient (Wildman–Crippen LogP) is 2.44. The van der Waals surface area contributed by atoms with Gasteiger partial charge in [0, 0.05) is 18.0 Å². The first-order valence-electron chi connectivity index (χ1n) is 7.60. The molecule has 0 radical (unpaired) electrons. The SMILES string of the molecule is CCOC(=O)C1CC(C)NCC1CC(=O)c1ccccc1. The van der Waals surface area contributed by atoms with Gasteiger partial charge in [-0.15, -0.1) is 0 Å². The van der Waals surface area contributed by atoms with E-state index in [1.807, 2.05) is 37.3 Å². The number of carbonyl (C=O) groups is 2. The van der Waals surface area contributed by atoms with E-state index in [2.05, 4.69) is 12.2 Å². The standard InChI is InChI=1S/C17H23NO3/c1-3-21-17(20)15-9-12(2)18-11-14(15)10-16(19)13-7-5-4-6-8-13/h4-8,12,14-15,18H,3,9-11H2,1-2H3. The maximum atomic E-state index is 12.3. The summed E-state index contributed by atoms with van der Waals surface area (Å²) in [6.07, 6.45) is 1.11. The van der Waals surface area contributed by atoms with Gasteiger partial charge in [0.1, 0.15) is 0 Å². The molecule has 0 spiro atoms. The van der Waals surface area contributed by atoms with Crippen molar-refractivity contribution in [2.45, 2.75) is 32.7 Å². The van der Waals surface area contributed by atoms with E-state index in [-0.39, 0.29) is 29.6 Å². The first-order chi connectivity index (χ1) is 10.1. The molecule has 0 bridgehead atoms. The van der Waals surface area contributed by atoms with Crippen molar-refractivity contribution in [2.75, 3.05) is 13.2 Å². The van der Waals surface area contributed by atoms with Gasteiger partial charge in [-0.3, -0.25) is 9.59 Å². The number of carbonyl (C=O) groups excluding carboxylic acids is 2. The molecule has 1 heterocycles. The summed E-state index contributed by atoms with van der Waals surface area (Å²) in [5, 5.41) is 3.36. The Morgan fingerprint density at radius 1 is 1.29 bits per heavy atom. The minimum absolute atomic E-state index is 0.00737. The third-order valence-electron chi connectivity index (χ3n) is 4.04. The molecule has 0 aromatic heterocycles. The third kappa shape index (κ3) is 4.14. The molecule has 0 aliphatic carbocycles. The van der Waals surface area contributed by atoms with Crippen molar-refractivity contribution >= 4 is 11.8 Å². The monoisotopic (exact) mass is 289 g/mol. The number of esters is 1. The van der Waals surface area contributed by atoms with Gasteiger partial charge in [0.05, 0.1) is 12.5 Å². The minimum Gasteiger partial charge on any atom is -0.466 e. The Morgan fingerprint density at radius 2 is 2.00 bits per heavy atom.